The van der Waals surface area contributed by atoms with Crippen molar-refractivity contribution >= 4 is 46.4 Å². The number of anilines is 1. The number of carbonyl (C=O) groups is 1. The van der Waals surface area contributed by atoms with Crippen LogP contribution < -0.4 is 10.1 Å². The molecule has 0 saturated carbocycles. The molecule has 10 heteroatoms. The van der Waals surface area contributed by atoms with Crippen LogP contribution in [0.3, 0.4) is 0 Å². The fourth-order valence-corrected chi connectivity index (χ4v) is 3.95. The first-order chi connectivity index (χ1) is 17.1. The van der Waals surface area contributed by atoms with Gasteiger partial charge in [-0.15, -0.1) is 0 Å². The standard InChI is InChI=1S/C26H16Cl3F3N2O2/c27-18-7-3-15(4-8-18)24(21-11-9-19(28)13-22(21)29)36-23-12-10-20(14-33-23)34-25(35)16-1-5-17(6-2-16)26(30,31)32/h1-14,24H,(H,34,35). The number of rotatable bonds is 6. The van der Waals surface area contributed by atoms with Gasteiger partial charge >= 0.3 is 6.18 Å². The Morgan fingerprint density at radius 3 is 2.11 bits per heavy atom. The van der Waals surface area contributed by atoms with Gasteiger partial charge in [-0.3, -0.25) is 4.79 Å². The summed E-state index contributed by atoms with van der Waals surface area (Å²) in [7, 11) is 0. The SMILES string of the molecule is O=C(Nc1ccc(OC(c2ccc(Cl)cc2)c2ccc(Cl)cc2Cl)nc1)c1ccc(C(F)(F)F)cc1. The van der Waals surface area contributed by atoms with E-state index in [1.54, 1.807) is 54.6 Å². The number of hydrogen-bond donors (Lipinski definition) is 1. The Balaban J connectivity index is 1.51. The Morgan fingerprint density at radius 2 is 1.53 bits per heavy atom. The number of amides is 1. The fraction of sp³-hybridized carbons (Fsp3) is 0.0769. The van der Waals surface area contributed by atoms with E-state index in [0.29, 0.717) is 26.3 Å². The predicted octanol–water partition coefficient (Wildman–Crippen LogP) is 8.48. The molecule has 4 nitrogen and oxygen atoms in total. The maximum absolute atomic E-state index is 12.7. The zero-order chi connectivity index (χ0) is 25.9. The van der Waals surface area contributed by atoms with Crippen LogP contribution in [-0.2, 0) is 6.18 Å². The lowest BCUT2D eigenvalue weighted by Gasteiger charge is -2.21. The van der Waals surface area contributed by atoms with Crippen LogP contribution in [0.2, 0.25) is 15.1 Å². The van der Waals surface area contributed by atoms with E-state index in [1.807, 2.05) is 0 Å². The molecule has 0 fully saturated rings. The molecule has 1 heterocycles. The van der Waals surface area contributed by atoms with Crippen LogP contribution in [0.5, 0.6) is 5.88 Å². The second kappa shape index (κ2) is 10.8. The van der Waals surface area contributed by atoms with E-state index in [0.717, 1.165) is 29.8 Å². The van der Waals surface area contributed by atoms with Crippen molar-refractivity contribution in [3.63, 3.8) is 0 Å². The number of aromatic nitrogens is 1. The number of benzene rings is 3. The first-order valence-electron chi connectivity index (χ1n) is 10.4. The Hall–Kier alpha value is -3.26. The first kappa shape index (κ1) is 25.8. The van der Waals surface area contributed by atoms with Crippen LogP contribution in [0, 0.1) is 0 Å². The summed E-state index contributed by atoms with van der Waals surface area (Å²) in [4.78, 5) is 16.7. The number of nitrogens with zero attached hydrogens (tertiary/aromatic N) is 1. The largest absolute Gasteiger partial charge is 0.464 e. The van der Waals surface area contributed by atoms with Gasteiger partial charge < -0.3 is 10.1 Å². The summed E-state index contributed by atoms with van der Waals surface area (Å²) in [6, 6.07) is 19.1. The van der Waals surface area contributed by atoms with Gasteiger partial charge in [-0.2, -0.15) is 13.2 Å². The van der Waals surface area contributed by atoms with Gasteiger partial charge in [0.25, 0.3) is 5.91 Å². The minimum atomic E-state index is -4.48. The van der Waals surface area contributed by atoms with E-state index >= 15 is 0 Å². The smallest absolute Gasteiger partial charge is 0.416 e. The number of nitrogens with one attached hydrogen (secondary N) is 1. The molecule has 4 rings (SSSR count). The van der Waals surface area contributed by atoms with Crippen LogP contribution >= 0.6 is 34.8 Å². The molecule has 1 unspecified atom stereocenters. The zero-order valence-corrected chi connectivity index (χ0v) is 20.5. The van der Waals surface area contributed by atoms with Crippen LogP contribution in [0.15, 0.2) is 85.1 Å². The lowest BCUT2D eigenvalue weighted by atomic mass is 10.0. The number of ether oxygens (including phenoxy) is 1. The van der Waals surface area contributed by atoms with Gasteiger partial charge in [-0.05, 0) is 60.2 Å². The van der Waals surface area contributed by atoms with Crippen LogP contribution in [-0.4, -0.2) is 10.9 Å². The lowest BCUT2D eigenvalue weighted by Crippen LogP contribution is -2.13. The summed E-state index contributed by atoms with van der Waals surface area (Å²) in [6.07, 6.45) is -3.73. The maximum Gasteiger partial charge on any atom is 0.416 e. The first-order valence-corrected chi connectivity index (χ1v) is 11.6. The molecule has 0 bridgehead atoms. The summed E-state index contributed by atoms with van der Waals surface area (Å²) in [5.41, 5.74) is 0.997. The van der Waals surface area contributed by atoms with Gasteiger partial charge in [-0.25, -0.2) is 4.98 Å². The number of carbonyl (C=O) groups excluding carboxylic acids is 1. The predicted molar refractivity (Wildman–Crippen MR) is 134 cm³/mol. The van der Waals surface area contributed by atoms with Crippen LogP contribution in [0.25, 0.3) is 0 Å². The molecular weight excluding hydrogens is 536 g/mol. The van der Waals surface area contributed by atoms with Crippen molar-refractivity contribution in [2.45, 2.75) is 12.3 Å². The van der Waals surface area contributed by atoms with E-state index in [1.165, 1.54) is 6.20 Å². The summed E-state index contributed by atoms with van der Waals surface area (Å²) < 4.78 is 44.3. The van der Waals surface area contributed by atoms with Crippen molar-refractivity contribution in [1.29, 1.82) is 0 Å². The Bertz CT molecular complexity index is 1360. The summed E-state index contributed by atoms with van der Waals surface area (Å²) >= 11 is 18.5. The molecule has 0 aliphatic carbocycles. The molecule has 1 aromatic heterocycles. The number of alkyl halides is 3. The highest BCUT2D eigenvalue weighted by molar-refractivity contribution is 6.35. The topological polar surface area (TPSA) is 51.2 Å². The Kier molecular flexibility index (Phi) is 7.73. The number of halogens is 6. The highest BCUT2D eigenvalue weighted by Gasteiger charge is 2.30. The van der Waals surface area contributed by atoms with Crippen molar-refractivity contribution in [2.75, 3.05) is 5.32 Å². The van der Waals surface area contributed by atoms with Crippen LogP contribution in [0.4, 0.5) is 18.9 Å². The van der Waals surface area contributed by atoms with Gasteiger partial charge in [-0.1, -0.05) is 53.0 Å². The van der Waals surface area contributed by atoms with Crippen molar-refractivity contribution in [3.05, 3.63) is 122 Å². The van der Waals surface area contributed by atoms with Gasteiger partial charge in [0.15, 0.2) is 6.10 Å². The van der Waals surface area contributed by atoms with Crippen LogP contribution in [0.1, 0.15) is 33.2 Å². The molecular formula is C26H16Cl3F3N2O2. The van der Waals surface area contributed by atoms with E-state index < -0.39 is 23.8 Å². The quantitative estimate of drug-likeness (QED) is 0.261. The Labute approximate surface area is 219 Å². The summed E-state index contributed by atoms with van der Waals surface area (Å²) in [5, 5.41) is 4.04. The third-order valence-electron chi connectivity index (χ3n) is 5.12. The molecule has 0 saturated heterocycles. The third kappa shape index (κ3) is 6.29. The monoisotopic (exact) mass is 550 g/mol. The molecule has 36 heavy (non-hydrogen) atoms. The molecule has 0 aliphatic rings. The van der Waals surface area contributed by atoms with Crippen molar-refractivity contribution in [2.24, 2.45) is 0 Å². The maximum atomic E-state index is 12.7. The van der Waals surface area contributed by atoms with Gasteiger partial charge in [0.1, 0.15) is 0 Å². The molecule has 0 radical (unpaired) electrons. The molecule has 184 valence electrons. The van der Waals surface area contributed by atoms with E-state index in [2.05, 4.69) is 10.3 Å². The van der Waals surface area contributed by atoms with E-state index in [-0.39, 0.29) is 11.4 Å². The lowest BCUT2D eigenvalue weighted by molar-refractivity contribution is -0.137. The molecule has 0 aliphatic heterocycles. The molecule has 1 N–H and O–H groups in total. The average molecular weight is 552 g/mol. The summed E-state index contributed by atoms with van der Waals surface area (Å²) in [6.45, 7) is 0. The molecule has 1 amide bonds. The zero-order valence-electron chi connectivity index (χ0n) is 18.2. The number of pyridine rings is 1. The van der Waals surface area contributed by atoms with Gasteiger partial charge in [0, 0.05) is 32.3 Å². The second-order valence-corrected chi connectivity index (χ2v) is 8.91. The summed E-state index contributed by atoms with van der Waals surface area (Å²) in [5.74, 6) is -0.334. The van der Waals surface area contributed by atoms with E-state index in [9.17, 15) is 18.0 Å². The van der Waals surface area contributed by atoms with Crippen molar-refractivity contribution < 1.29 is 22.7 Å². The van der Waals surface area contributed by atoms with E-state index in [4.69, 9.17) is 39.5 Å². The average Bonchev–Trinajstić information content (AvgIpc) is 2.84. The van der Waals surface area contributed by atoms with Gasteiger partial charge in [0.2, 0.25) is 5.88 Å². The third-order valence-corrected chi connectivity index (χ3v) is 5.94. The fourth-order valence-electron chi connectivity index (χ4n) is 3.32. The van der Waals surface area contributed by atoms with Crippen molar-refractivity contribution in [1.82, 2.24) is 4.98 Å². The minimum absolute atomic E-state index is 0.0727. The Morgan fingerprint density at radius 1 is 0.861 bits per heavy atom. The highest BCUT2D eigenvalue weighted by atomic mass is 35.5. The highest BCUT2D eigenvalue weighted by Crippen LogP contribution is 2.34. The molecule has 1 atom stereocenters. The van der Waals surface area contributed by atoms with Gasteiger partial charge in [0.05, 0.1) is 17.4 Å². The van der Waals surface area contributed by atoms with Crippen molar-refractivity contribution in [3.8, 4) is 5.88 Å². The molecule has 0 spiro atoms. The molecule has 4 aromatic rings. The number of hydrogen-bond acceptors (Lipinski definition) is 3. The second-order valence-electron chi connectivity index (χ2n) is 7.63. The normalized spacial score (nSPS) is 12.2. The minimum Gasteiger partial charge on any atom is -0.464 e. The molecule has 3 aromatic carbocycles.